The number of aromatic nitrogens is 2. The van der Waals surface area contributed by atoms with Gasteiger partial charge in [-0.15, -0.1) is 0 Å². The second-order valence-corrected chi connectivity index (χ2v) is 5.26. The summed E-state index contributed by atoms with van der Waals surface area (Å²) in [6.07, 6.45) is 2.36. The van der Waals surface area contributed by atoms with E-state index in [1.54, 1.807) is 18.2 Å². The maximum atomic E-state index is 13.8. The molecule has 0 amide bonds. The van der Waals surface area contributed by atoms with Gasteiger partial charge in [0.15, 0.2) is 11.6 Å². The summed E-state index contributed by atoms with van der Waals surface area (Å²) in [6.45, 7) is 2.10. The van der Waals surface area contributed by atoms with Crippen molar-refractivity contribution in [3.05, 3.63) is 66.2 Å². The average molecular weight is 323 g/mol. The molecule has 0 bridgehead atoms. The van der Waals surface area contributed by atoms with E-state index >= 15 is 0 Å². The van der Waals surface area contributed by atoms with Crippen molar-refractivity contribution in [3.8, 4) is 0 Å². The van der Waals surface area contributed by atoms with Gasteiger partial charge in [-0.05, 0) is 36.2 Å². The highest BCUT2D eigenvalue weighted by Crippen LogP contribution is 2.28. The molecular formula is C18H18FN5. The van der Waals surface area contributed by atoms with Gasteiger partial charge in [0.05, 0.1) is 5.69 Å². The number of nitrogens with zero attached hydrogens (tertiary/aromatic N) is 2. The Hall–Kier alpha value is -3.15. The Labute approximate surface area is 139 Å². The molecule has 0 saturated heterocycles. The number of anilines is 5. The van der Waals surface area contributed by atoms with Gasteiger partial charge in [-0.25, -0.2) is 14.4 Å². The van der Waals surface area contributed by atoms with Crippen molar-refractivity contribution in [2.24, 2.45) is 0 Å². The van der Waals surface area contributed by atoms with Gasteiger partial charge in [-0.3, -0.25) is 0 Å². The van der Waals surface area contributed by atoms with E-state index in [0.29, 0.717) is 23.0 Å². The molecule has 0 aliphatic rings. The second-order valence-electron chi connectivity index (χ2n) is 5.26. The molecule has 5 nitrogen and oxygen atoms in total. The van der Waals surface area contributed by atoms with Crippen molar-refractivity contribution in [1.82, 2.24) is 9.97 Å². The van der Waals surface area contributed by atoms with E-state index in [-0.39, 0.29) is 5.82 Å². The first-order chi connectivity index (χ1) is 11.7. The lowest BCUT2D eigenvalue weighted by molar-refractivity contribution is 0.632. The first kappa shape index (κ1) is 15.7. The number of benzene rings is 2. The topological polar surface area (TPSA) is 75.9 Å². The monoisotopic (exact) mass is 323 g/mol. The highest BCUT2D eigenvalue weighted by molar-refractivity contribution is 5.80. The number of aryl methyl sites for hydroxylation is 1. The van der Waals surface area contributed by atoms with Crippen LogP contribution in [-0.4, -0.2) is 9.97 Å². The number of rotatable bonds is 5. The number of para-hydroxylation sites is 1. The number of nitrogens with two attached hydrogens (primary N) is 1. The molecule has 24 heavy (non-hydrogen) atoms. The molecule has 0 aliphatic carbocycles. The van der Waals surface area contributed by atoms with Crippen molar-refractivity contribution in [2.45, 2.75) is 13.3 Å². The van der Waals surface area contributed by atoms with Crippen LogP contribution in [-0.2, 0) is 6.42 Å². The van der Waals surface area contributed by atoms with Crippen molar-refractivity contribution >= 4 is 28.7 Å². The van der Waals surface area contributed by atoms with Crippen LogP contribution in [0.2, 0.25) is 0 Å². The third-order valence-corrected chi connectivity index (χ3v) is 3.64. The van der Waals surface area contributed by atoms with Gasteiger partial charge in [0, 0.05) is 5.69 Å². The fourth-order valence-electron chi connectivity index (χ4n) is 2.25. The summed E-state index contributed by atoms with van der Waals surface area (Å²) in [5, 5.41) is 6.05. The Kier molecular flexibility index (Phi) is 4.56. The molecule has 0 unspecified atom stereocenters. The fraction of sp³-hybridized carbons (Fsp3) is 0.111. The van der Waals surface area contributed by atoms with Crippen LogP contribution in [0.1, 0.15) is 12.5 Å². The van der Waals surface area contributed by atoms with E-state index in [4.69, 9.17) is 5.73 Å². The number of nitrogen functional groups attached to an aromatic ring is 1. The standard InChI is InChI=1S/C18H18FN5/c1-2-12-7-9-13(10-8-12)23-17-16(20)18(22-11-21-17)24-15-6-4-3-5-14(15)19/h3-11H,2,20H2,1H3,(H2,21,22,23,24). The summed E-state index contributed by atoms with van der Waals surface area (Å²) in [6, 6.07) is 14.3. The lowest BCUT2D eigenvalue weighted by Gasteiger charge is -2.13. The van der Waals surface area contributed by atoms with Gasteiger partial charge in [-0.1, -0.05) is 31.2 Å². The fourth-order valence-corrected chi connectivity index (χ4v) is 2.25. The van der Waals surface area contributed by atoms with Gasteiger partial charge < -0.3 is 16.4 Å². The molecule has 4 N–H and O–H groups in total. The van der Waals surface area contributed by atoms with E-state index in [0.717, 1.165) is 12.1 Å². The van der Waals surface area contributed by atoms with Crippen molar-refractivity contribution in [1.29, 1.82) is 0 Å². The second kappa shape index (κ2) is 6.95. The SMILES string of the molecule is CCc1ccc(Nc2ncnc(Nc3ccccc3F)c2N)cc1. The van der Waals surface area contributed by atoms with Gasteiger partial charge in [0.1, 0.15) is 17.8 Å². The molecule has 1 heterocycles. The van der Waals surface area contributed by atoms with Crippen molar-refractivity contribution < 1.29 is 4.39 Å². The molecular weight excluding hydrogens is 305 g/mol. The maximum absolute atomic E-state index is 13.8. The Balaban J connectivity index is 1.83. The minimum atomic E-state index is -0.375. The van der Waals surface area contributed by atoms with E-state index in [1.807, 2.05) is 24.3 Å². The largest absolute Gasteiger partial charge is 0.393 e. The maximum Gasteiger partial charge on any atom is 0.159 e. The molecule has 0 fully saturated rings. The summed E-state index contributed by atoms with van der Waals surface area (Å²) in [7, 11) is 0. The van der Waals surface area contributed by atoms with Crippen LogP contribution in [0.3, 0.4) is 0 Å². The highest BCUT2D eigenvalue weighted by Gasteiger charge is 2.10. The lowest BCUT2D eigenvalue weighted by Crippen LogP contribution is -2.05. The third-order valence-electron chi connectivity index (χ3n) is 3.64. The number of halogens is 1. The van der Waals surface area contributed by atoms with Crippen molar-refractivity contribution in [3.63, 3.8) is 0 Å². The van der Waals surface area contributed by atoms with Crippen molar-refractivity contribution in [2.75, 3.05) is 16.4 Å². The Bertz CT molecular complexity index is 833. The van der Waals surface area contributed by atoms with Crippen LogP contribution in [0.15, 0.2) is 54.9 Å². The summed E-state index contributed by atoms with van der Waals surface area (Å²) in [4.78, 5) is 8.25. The third kappa shape index (κ3) is 3.43. The van der Waals surface area contributed by atoms with E-state index in [2.05, 4.69) is 27.5 Å². The van der Waals surface area contributed by atoms with Crippen LogP contribution < -0.4 is 16.4 Å². The molecule has 3 aromatic rings. The molecule has 0 atom stereocenters. The first-order valence-electron chi connectivity index (χ1n) is 7.65. The number of nitrogens with one attached hydrogen (secondary N) is 2. The summed E-state index contributed by atoms with van der Waals surface area (Å²) >= 11 is 0. The molecule has 122 valence electrons. The number of hydrogen-bond acceptors (Lipinski definition) is 5. The minimum absolute atomic E-state index is 0.307. The van der Waals surface area contributed by atoms with Crippen LogP contribution in [0.25, 0.3) is 0 Å². The molecule has 6 heteroatoms. The van der Waals surface area contributed by atoms with Gasteiger partial charge >= 0.3 is 0 Å². The van der Waals surface area contributed by atoms with Gasteiger partial charge in [0.25, 0.3) is 0 Å². The molecule has 0 aliphatic heterocycles. The van der Waals surface area contributed by atoms with Gasteiger partial charge in [0.2, 0.25) is 0 Å². The van der Waals surface area contributed by atoms with E-state index in [1.165, 1.54) is 18.0 Å². The Morgan fingerprint density at radius 2 is 1.62 bits per heavy atom. The summed E-state index contributed by atoms with van der Waals surface area (Å²) in [5.41, 5.74) is 8.86. The zero-order valence-electron chi connectivity index (χ0n) is 13.3. The van der Waals surface area contributed by atoms with Gasteiger partial charge in [-0.2, -0.15) is 0 Å². The van der Waals surface area contributed by atoms with Crippen LogP contribution in [0.4, 0.5) is 33.1 Å². The molecule has 1 aromatic heterocycles. The highest BCUT2D eigenvalue weighted by atomic mass is 19.1. The lowest BCUT2D eigenvalue weighted by atomic mass is 10.1. The van der Waals surface area contributed by atoms with E-state index in [9.17, 15) is 4.39 Å². The quantitative estimate of drug-likeness (QED) is 0.654. The number of hydrogen-bond donors (Lipinski definition) is 3. The first-order valence-corrected chi connectivity index (χ1v) is 7.65. The minimum Gasteiger partial charge on any atom is -0.393 e. The molecule has 3 rings (SSSR count). The van der Waals surface area contributed by atoms with Crippen LogP contribution in [0.5, 0.6) is 0 Å². The predicted molar refractivity (Wildman–Crippen MR) is 95.2 cm³/mol. The predicted octanol–water partition coefficient (Wildman–Crippen LogP) is 4.25. The zero-order valence-corrected chi connectivity index (χ0v) is 13.3. The molecule has 0 spiro atoms. The van der Waals surface area contributed by atoms with E-state index < -0.39 is 0 Å². The molecule has 0 radical (unpaired) electrons. The summed E-state index contributed by atoms with van der Waals surface area (Å²) in [5.74, 6) is 0.441. The molecule has 0 saturated carbocycles. The Morgan fingerprint density at radius 1 is 0.958 bits per heavy atom. The smallest absolute Gasteiger partial charge is 0.159 e. The normalized spacial score (nSPS) is 10.4. The summed E-state index contributed by atoms with van der Waals surface area (Å²) < 4.78 is 13.8. The molecule has 2 aromatic carbocycles. The average Bonchev–Trinajstić information content (AvgIpc) is 2.61. The Morgan fingerprint density at radius 3 is 2.29 bits per heavy atom. The zero-order chi connectivity index (χ0) is 16.9. The van der Waals surface area contributed by atoms with Crippen LogP contribution >= 0.6 is 0 Å². The van der Waals surface area contributed by atoms with Crippen LogP contribution in [0, 0.1) is 5.82 Å².